The van der Waals surface area contributed by atoms with E-state index in [1.54, 1.807) is 27.7 Å². The van der Waals surface area contributed by atoms with Crippen molar-refractivity contribution >= 4 is 35.5 Å². The maximum Gasteiger partial charge on any atom is 0.340 e. The van der Waals surface area contributed by atoms with Crippen LogP contribution >= 0.6 is 0 Å². The van der Waals surface area contributed by atoms with Crippen molar-refractivity contribution in [2.24, 2.45) is 0 Å². The van der Waals surface area contributed by atoms with Crippen molar-refractivity contribution in [3.8, 4) is 0 Å². The molecule has 0 spiro atoms. The first-order valence-corrected chi connectivity index (χ1v) is 31.3. The number of nitrogens with one attached hydrogen (secondary N) is 8. The van der Waals surface area contributed by atoms with Crippen molar-refractivity contribution in [1.82, 2.24) is 41.2 Å². The van der Waals surface area contributed by atoms with Gasteiger partial charge in [0, 0.05) is 99.6 Å². The van der Waals surface area contributed by atoms with Crippen LogP contribution in [0.1, 0.15) is 223 Å². The second-order valence-electron chi connectivity index (χ2n) is 21.9. The smallest absolute Gasteiger partial charge is 0.340 e. The van der Waals surface area contributed by atoms with Crippen LogP contribution < -0.4 is 31.9 Å². The van der Waals surface area contributed by atoms with Gasteiger partial charge in [-0.1, -0.05) is 41.5 Å². The van der Waals surface area contributed by atoms with Crippen LogP contribution in [0.15, 0.2) is 24.3 Å². The number of aromatic nitrogens is 4. The molecule has 5 heterocycles. The van der Waals surface area contributed by atoms with Crippen LogP contribution in [0.2, 0.25) is 0 Å². The molecule has 0 saturated heterocycles. The monoisotopic (exact) mass is 1180 g/mol. The Morgan fingerprint density at radius 2 is 0.628 bits per heavy atom. The SMILES string of the molecule is CCOC(=O)c1c2[nH]c(c1C(=O)OCC)CNCc1c(CC)c(c(CC)c(CNc3cc(C)cc(C)n3)c1CC)CNCc1[nH]c(c(C(=O)OCC)c1C(=O)OCC)CNCc1c(CC)c(c(CC)c(CNc3cc(C)cc(C)n3)c1CC)CNC2. The van der Waals surface area contributed by atoms with Crippen molar-refractivity contribution < 1.29 is 38.1 Å². The lowest BCUT2D eigenvalue weighted by molar-refractivity contribution is 0.0478. The van der Waals surface area contributed by atoms with E-state index >= 15 is 0 Å². The van der Waals surface area contributed by atoms with E-state index < -0.39 is 23.9 Å². The van der Waals surface area contributed by atoms with Crippen LogP contribution in [-0.2, 0) is 123 Å². The van der Waals surface area contributed by atoms with Gasteiger partial charge in [0.15, 0.2) is 0 Å². The number of esters is 4. The predicted octanol–water partition coefficient (Wildman–Crippen LogP) is 11.1. The van der Waals surface area contributed by atoms with Gasteiger partial charge in [-0.25, -0.2) is 29.1 Å². The minimum Gasteiger partial charge on any atom is -0.462 e. The Morgan fingerprint density at radius 1 is 0.372 bits per heavy atom. The van der Waals surface area contributed by atoms with E-state index in [1.807, 2.05) is 13.8 Å². The Labute approximate surface area is 509 Å². The molecule has 8 bridgehead atoms. The van der Waals surface area contributed by atoms with Crippen LogP contribution in [0.25, 0.3) is 0 Å². The zero-order chi connectivity index (χ0) is 62.2. The third-order valence-electron chi connectivity index (χ3n) is 16.2. The topological polar surface area (TPSA) is 235 Å². The van der Waals surface area contributed by atoms with Crippen molar-refractivity contribution in [2.45, 2.75) is 201 Å². The fraction of sp³-hybridized carbons (Fsp3) is 0.500. The van der Waals surface area contributed by atoms with Crippen LogP contribution in [0.4, 0.5) is 11.6 Å². The van der Waals surface area contributed by atoms with Crippen molar-refractivity contribution in [1.29, 1.82) is 0 Å². The lowest BCUT2D eigenvalue weighted by Gasteiger charge is -2.27. The summed E-state index contributed by atoms with van der Waals surface area (Å²) in [6.07, 6.45) is 4.38. The molecule has 0 unspecified atom stereocenters. The number of rotatable bonds is 20. The minimum atomic E-state index is -0.608. The van der Waals surface area contributed by atoms with Crippen LogP contribution in [0.3, 0.4) is 0 Å². The molecule has 18 nitrogen and oxygen atoms in total. The molecule has 0 aliphatic carbocycles. The van der Waals surface area contributed by atoms with Gasteiger partial charge in [0.05, 0.1) is 48.7 Å². The maximum atomic E-state index is 14.3. The number of carbonyl (C=O) groups is 4. The Balaban J connectivity index is 1.45. The van der Waals surface area contributed by atoms with Gasteiger partial charge in [0.25, 0.3) is 0 Å². The van der Waals surface area contributed by atoms with E-state index in [0.717, 1.165) is 82.1 Å². The molecule has 4 aromatic heterocycles. The fourth-order valence-corrected chi connectivity index (χ4v) is 13.0. The highest BCUT2D eigenvalue weighted by Crippen LogP contribution is 2.35. The molecule has 0 atom stereocenters. The summed E-state index contributed by atoms with van der Waals surface area (Å²) in [4.78, 5) is 73.9. The number of pyridine rings is 2. The van der Waals surface area contributed by atoms with Crippen molar-refractivity contribution in [3.05, 3.63) is 159 Å². The molecule has 18 heteroatoms. The number of hydrogen-bond donors (Lipinski definition) is 8. The van der Waals surface area contributed by atoms with Crippen LogP contribution in [0, 0.1) is 27.7 Å². The average molecular weight is 1180 g/mol. The third-order valence-corrected chi connectivity index (χ3v) is 16.2. The van der Waals surface area contributed by atoms with Crippen molar-refractivity contribution in [2.75, 3.05) is 37.1 Å². The molecule has 464 valence electrons. The molecule has 0 radical (unpaired) electrons. The Kier molecular flexibility index (Phi) is 24.1. The molecule has 1 aliphatic rings. The Bertz CT molecular complexity index is 2980. The zero-order valence-electron chi connectivity index (χ0n) is 53.6. The number of carbonyl (C=O) groups excluding carboxylic acids is 4. The molecule has 0 fully saturated rings. The number of aromatic amines is 2. The first-order chi connectivity index (χ1) is 41.5. The number of H-pyrrole nitrogens is 2. The van der Waals surface area contributed by atoms with Crippen molar-refractivity contribution in [3.63, 3.8) is 0 Å². The van der Waals surface area contributed by atoms with E-state index in [4.69, 9.17) is 28.9 Å². The summed E-state index contributed by atoms with van der Waals surface area (Å²) in [5.74, 6) is -0.852. The Morgan fingerprint density at radius 3 is 0.849 bits per heavy atom. The van der Waals surface area contributed by atoms with Gasteiger partial charge in [0.2, 0.25) is 0 Å². The Hall–Kier alpha value is -7.38. The van der Waals surface area contributed by atoms with E-state index in [1.165, 1.54) is 44.5 Å². The van der Waals surface area contributed by atoms with E-state index in [9.17, 15) is 19.2 Å². The summed E-state index contributed by atoms with van der Waals surface area (Å²) in [7, 11) is 0. The minimum absolute atomic E-state index is 0.115. The number of hydrogen-bond acceptors (Lipinski definition) is 16. The third kappa shape index (κ3) is 15.1. The van der Waals surface area contributed by atoms with Gasteiger partial charge in [-0.15, -0.1) is 0 Å². The summed E-state index contributed by atoms with van der Waals surface area (Å²) < 4.78 is 22.9. The molecule has 86 heavy (non-hydrogen) atoms. The quantitative estimate of drug-likeness (QED) is 0.0262. The maximum absolute atomic E-state index is 14.3. The molecule has 1 aliphatic heterocycles. The molecule has 8 N–H and O–H groups in total. The predicted molar refractivity (Wildman–Crippen MR) is 339 cm³/mol. The largest absolute Gasteiger partial charge is 0.462 e. The number of fused-ring (bicyclic) bond motifs is 8. The van der Waals surface area contributed by atoms with Gasteiger partial charge in [-0.3, -0.25) is 0 Å². The molecule has 6 aromatic rings. The standard InChI is InChI=1S/C68H94N10O8/c1-15-43-49-29-69-35-55-61(65(79)83-21-7)63(67(81)85-23-9)57(77-55)37-71-31-51-44(16-2)52(48(20-6)54(47(51)19-5)34-74-60-28-40(12)26-42(14)76-60)32-72-38-58-64(68(82)86-24-10)62(66(80)84-22-8)56(78-58)36-70-30-50(43)46(18-4)53(45(49)17-3)33-73-59-27-39(11)25-41(13)75-59/h25-28,69-72,77-78H,15-24,29-38H2,1-14H3,(H,73,75)(H,74,76). The summed E-state index contributed by atoms with van der Waals surface area (Å²) in [6.45, 7) is 32.3. The highest BCUT2D eigenvalue weighted by Gasteiger charge is 2.33. The number of benzene rings is 2. The molecular formula is C68H94N10O8. The van der Waals surface area contributed by atoms with Gasteiger partial charge in [0.1, 0.15) is 11.6 Å². The number of ether oxygens (including phenoxy) is 4. The fourth-order valence-electron chi connectivity index (χ4n) is 13.0. The number of nitrogens with zero attached hydrogens (tertiary/aromatic N) is 2. The average Bonchev–Trinajstić information content (AvgIpc) is 1.04. The highest BCUT2D eigenvalue weighted by atomic mass is 16.5. The second-order valence-corrected chi connectivity index (χ2v) is 21.9. The summed E-state index contributed by atoms with van der Waals surface area (Å²) in [6, 6.07) is 8.24. The van der Waals surface area contributed by atoms with E-state index in [0.29, 0.717) is 74.9 Å². The van der Waals surface area contributed by atoms with E-state index in [2.05, 4.69) is 122 Å². The number of anilines is 2. The molecule has 2 aromatic carbocycles. The molecular weight excluding hydrogens is 1080 g/mol. The van der Waals surface area contributed by atoms with Crippen LogP contribution in [0.5, 0.6) is 0 Å². The lowest BCUT2D eigenvalue weighted by Crippen LogP contribution is -2.24. The normalized spacial score (nSPS) is 13.2. The second kappa shape index (κ2) is 31.3. The number of aryl methyl sites for hydroxylation is 4. The van der Waals surface area contributed by atoms with Gasteiger partial charge < -0.3 is 60.8 Å². The lowest BCUT2D eigenvalue weighted by atomic mass is 9.83. The zero-order valence-corrected chi connectivity index (χ0v) is 53.6. The molecule has 0 saturated carbocycles. The van der Waals surface area contributed by atoms with E-state index in [-0.39, 0.29) is 74.9 Å². The molecule has 7 rings (SSSR count). The van der Waals surface area contributed by atoms with Gasteiger partial charge in [-0.2, -0.15) is 0 Å². The first kappa shape index (κ1) is 66.2. The molecule has 0 amide bonds. The first-order valence-electron chi connectivity index (χ1n) is 31.3. The van der Waals surface area contributed by atoms with Gasteiger partial charge in [-0.05, 0) is 196 Å². The summed E-state index contributed by atoms with van der Waals surface area (Å²) in [5.41, 5.74) is 20.9. The summed E-state index contributed by atoms with van der Waals surface area (Å²) >= 11 is 0. The van der Waals surface area contributed by atoms with Crippen LogP contribution in [-0.4, -0.2) is 70.2 Å². The van der Waals surface area contributed by atoms with Gasteiger partial charge >= 0.3 is 23.9 Å². The highest BCUT2D eigenvalue weighted by molar-refractivity contribution is 6.06. The summed E-state index contributed by atoms with van der Waals surface area (Å²) in [5, 5.41) is 22.3.